The van der Waals surface area contributed by atoms with Crippen LogP contribution >= 0.6 is 35.3 Å². The first-order valence-corrected chi connectivity index (χ1v) is 9.56. The van der Waals surface area contributed by atoms with Crippen molar-refractivity contribution in [3.8, 4) is 5.75 Å². The van der Waals surface area contributed by atoms with Crippen LogP contribution in [0.2, 0.25) is 0 Å². The maximum Gasteiger partial charge on any atom is 0.193 e. The molecule has 1 fully saturated rings. The zero-order valence-corrected chi connectivity index (χ0v) is 18.2. The van der Waals surface area contributed by atoms with Crippen molar-refractivity contribution < 1.29 is 4.74 Å². The second-order valence-electron chi connectivity index (χ2n) is 6.41. The fraction of sp³-hybridized carbons (Fsp3) is 0.421. The molecule has 0 spiro atoms. The maximum atomic E-state index is 6.04. The van der Waals surface area contributed by atoms with Crippen molar-refractivity contribution in [2.75, 3.05) is 32.1 Å². The number of likely N-dealkylation sites (tertiary alicyclic amines) is 1. The van der Waals surface area contributed by atoms with Gasteiger partial charge in [0.05, 0.1) is 7.11 Å². The van der Waals surface area contributed by atoms with Gasteiger partial charge >= 0.3 is 0 Å². The minimum Gasteiger partial charge on any atom is -0.497 e. The van der Waals surface area contributed by atoms with Crippen molar-refractivity contribution >= 4 is 47.0 Å². The van der Waals surface area contributed by atoms with E-state index in [0.29, 0.717) is 11.9 Å². The normalized spacial score (nSPS) is 18.2. The van der Waals surface area contributed by atoms with Gasteiger partial charge < -0.3 is 15.8 Å². The SMILES string of the molecule is COc1cccc(NC(N)=NCC2CCCN(Cc3cccs3)C2)c1.I. The number of rotatable bonds is 6. The number of hydrogen-bond donors (Lipinski definition) is 2. The summed E-state index contributed by atoms with van der Waals surface area (Å²) in [5, 5.41) is 5.28. The number of aliphatic imine (C=N–C) groups is 1. The fourth-order valence-corrected chi connectivity index (χ4v) is 3.93. The quantitative estimate of drug-likeness (QED) is 0.368. The van der Waals surface area contributed by atoms with E-state index in [9.17, 15) is 0 Å². The number of nitrogens with zero attached hydrogens (tertiary/aromatic N) is 2. The summed E-state index contributed by atoms with van der Waals surface area (Å²) >= 11 is 1.83. The minimum atomic E-state index is 0. The van der Waals surface area contributed by atoms with Crippen LogP contribution in [0.1, 0.15) is 17.7 Å². The van der Waals surface area contributed by atoms with Crippen LogP contribution in [0.25, 0.3) is 0 Å². The van der Waals surface area contributed by atoms with E-state index in [0.717, 1.165) is 31.1 Å². The summed E-state index contributed by atoms with van der Waals surface area (Å²) in [6.45, 7) is 4.09. The number of nitrogens with two attached hydrogens (primary N) is 1. The van der Waals surface area contributed by atoms with Crippen LogP contribution in [0, 0.1) is 5.92 Å². The lowest BCUT2D eigenvalue weighted by molar-refractivity contribution is 0.172. The molecule has 7 heteroatoms. The van der Waals surface area contributed by atoms with Crippen LogP contribution in [-0.2, 0) is 6.54 Å². The number of guanidine groups is 1. The predicted molar refractivity (Wildman–Crippen MR) is 121 cm³/mol. The molecular weight excluding hydrogens is 459 g/mol. The van der Waals surface area contributed by atoms with E-state index in [2.05, 4.69) is 32.7 Å². The molecule has 1 unspecified atom stereocenters. The first kappa shape index (κ1) is 21.0. The molecule has 1 aliphatic heterocycles. The Morgan fingerprint density at radius 1 is 1.38 bits per heavy atom. The van der Waals surface area contributed by atoms with E-state index < -0.39 is 0 Å². The maximum absolute atomic E-state index is 6.04. The number of piperidine rings is 1. The summed E-state index contributed by atoms with van der Waals surface area (Å²) in [7, 11) is 1.65. The Balaban J connectivity index is 0.00000243. The molecule has 3 N–H and O–H groups in total. The molecule has 2 aromatic rings. The van der Waals surface area contributed by atoms with Crippen LogP contribution in [-0.4, -0.2) is 37.6 Å². The number of thiophene rings is 1. The number of hydrogen-bond acceptors (Lipinski definition) is 4. The molecule has 5 nitrogen and oxygen atoms in total. The van der Waals surface area contributed by atoms with Crippen molar-refractivity contribution in [1.29, 1.82) is 0 Å². The Kier molecular flexibility index (Phi) is 8.67. The third-order valence-electron chi connectivity index (χ3n) is 4.42. The van der Waals surface area contributed by atoms with Crippen LogP contribution < -0.4 is 15.8 Å². The Labute approximate surface area is 176 Å². The van der Waals surface area contributed by atoms with Gasteiger partial charge in [-0.05, 0) is 48.9 Å². The lowest BCUT2D eigenvalue weighted by Crippen LogP contribution is -2.36. The van der Waals surface area contributed by atoms with Gasteiger partial charge in [-0.1, -0.05) is 12.1 Å². The van der Waals surface area contributed by atoms with Crippen LogP contribution in [0.5, 0.6) is 5.75 Å². The highest BCUT2D eigenvalue weighted by Crippen LogP contribution is 2.21. The van der Waals surface area contributed by atoms with Gasteiger partial charge in [-0.3, -0.25) is 9.89 Å². The second kappa shape index (κ2) is 10.7. The van der Waals surface area contributed by atoms with Gasteiger partial charge in [0.2, 0.25) is 0 Å². The summed E-state index contributed by atoms with van der Waals surface area (Å²) in [5.41, 5.74) is 6.94. The number of methoxy groups -OCH3 is 1. The van der Waals surface area contributed by atoms with E-state index in [1.807, 2.05) is 35.6 Å². The topological polar surface area (TPSA) is 62.9 Å². The molecule has 0 bridgehead atoms. The lowest BCUT2D eigenvalue weighted by Gasteiger charge is -2.31. The molecule has 1 aromatic carbocycles. The second-order valence-corrected chi connectivity index (χ2v) is 7.44. The molecule has 1 aromatic heterocycles. The first-order chi connectivity index (χ1) is 12.2. The van der Waals surface area contributed by atoms with E-state index in [1.165, 1.54) is 24.3 Å². The smallest absolute Gasteiger partial charge is 0.193 e. The van der Waals surface area contributed by atoms with Gasteiger partial charge in [0.1, 0.15) is 5.75 Å². The number of nitrogens with one attached hydrogen (secondary N) is 1. The van der Waals surface area contributed by atoms with Gasteiger partial charge in [0, 0.05) is 36.3 Å². The highest BCUT2D eigenvalue weighted by atomic mass is 127. The third-order valence-corrected chi connectivity index (χ3v) is 5.29. The van der Waals surface area contributed by atoms with Gasteiger partial charge in [-0.25, -0.2) is 0 Å². The van der Waals surface area contributed by atoms with Crippen LogP contribution in [0.15, 0.2) is 46.8 Å². The van der Waals surface area contributed by atoms with Crippen molar-refractivity contribution in [3.63, 3.8) is 0 Å². The third kappa shape index (κ3) is 6.44. The summed E-state index contributed by atoms with van der Waals surface area (Å²) in [5.74, 6) is 1.83. The molecule has 1 atom stereocenters. The van der Waals surface area contributed by atoms with Gasteiger partial charge in [-0.15, -0.1) is 35.3 Å². The van der Waals surface area contributed by atoms with E-state index in [-0.39, 0.29) is 24.0 Å². The highest BCUT2D eigenvalue weighted by molar-refractivity contribution is 14.0. The molecular formula is C19H27IN4OS. The molecule has 0 aliphatic carbocycles. The monoisotopic (exact) mass is 486 g/mol. The standard InChI is InChI=1S/C19H26N4OS.HI/c1-24-17-7-2-6-16(11-17)22-19(20)21-12-15-5-3-9-23(13-15)14-18-8-4-10-25-18;/h2,4,6-8,10-11,15H,3,5,9,12-14H2,1H3,(H3,20,21,22);1H. The fourth-order valence-electron chi connectivity index (χ4n) is 3.18. The molecule has 0 amide bonds. The zero-order valence-electron chi connectivity index (χ0n) is 15.1. The Bertz CT molecular complexity index is 693. The molecule has 26 heavy (non-hydrogen) atoms. The largest absolute Gasteiger partial charge is 0.497 e. The summed E-state index contributed by atoms with van der Waals surface area (Å²) in [6.07, 6.45) is 2.45. The van der Waals surface area contributed by atoms with E-state index >= 15 is 0 Å². The summed E-state index contributed by atoms with van der Waals surface area (Å²) in [4.78, 5) is 8.51. The number of ether oxygens (including phenoxy) is 1. The zero-order chi connectivity index (χ0) is 17.5. The molecule has 0 saturated carbocycles. The van der Waals surface area contributed by atoms with Gasteiger partial charge in [-0.2, -0.15) is 0 Å². The molecule has 1 aliphatic rings. The Morgan fingerprint density at radius 3 is 3.04 bits per heavy atom. The van der Waals surface area contributed by atoms with Crippen molar-refractivity contribution in [1.82, 2.24) is 4.90 Å². The molecule has 142 valence electrons. The van der Waals surface area contributed by atoms with Crippen LogP contribution in [0.3, 0.4) is 0 Å². The average molecular weight is 486 g/mol. The van der Waals surface area contributed by atoms with E-state index in [1.54, 1.807) is 7.11 Å². The van der Waals surface area contributed by atoms with Crippen LogP contribution in [0.4, 0.5) is 5.69 Å². The molecule has 0 radical (unpaired) electrons. The van der Waals surface area contributed by atoms with Gasteiger partial charge in [0.15, 0.2) is 5.96 Å². The predicted octanol–water partition coefficient (Wildman–Crippen LogP) is 4.01. The number of halogens is 1. The summed E-state index contributed by atoms with van der Waals surface area (Å²) in [6, 6.07) is 12.0. The van der Waals surface area contributed by atoms with Gasteiger partial charge in [0.25, 0.3) is 0 Å². The molecule has 2 heterocycles. The van der Waals surface area contributed by atoms with Crippen molar-refractivity contribution in [2.24, 2.45) is 16.6 Å². The average Bonchev–Trinajstić information content (AvgIpc) is 3.13. The number of benzene rings is 1. The Hall–Kier alpha value is -1.32. The highest BCUT2D eigenvalue weighted by Gasteiger charge is 2.20. The minimum absolute atomic E-state index is 0. The van der Waals surface area contributed by atoms with E-state index in [4.69, 9.17) is 10.5 Å². The lowest BCUT2D eigenvalue weighted by atomic mass is 9.98. The first-order valence-electron chi connectivity index (χ1n) is 8.68. The number of anilines is 1. The molecule has 3 rings (SSSR count). The summed E-state index contributed by atoms with van der Waals surface area (Å²) < 4.78 is 5.22. The Morgan fingerprint density at radius 2 is 2.27 bits per heavy atom. The molecule has 1 saturated heterocycles. The van der Waals surface area contributed by atoms with Crippen molar-refractivity contribution in [3.05, 3.63) is 46.7 Å². The van der Waals surface area contributed by atoms with Crippen molar-refractivity contribution in [2.45, 2.75) is 19.4 Å².